The molecule has 0 radical (unpaired) electrons. The highest BCUT2D eigenvalue weighted by Crippen LogP contribution is 2.04. The molecule has 3 fully saturated rings. The number of rotatable bonds is 1. The fourth-order valence-electron chi connectivity index (χ4n) is 0.0962. The minimum Gasteiger partial charge on any atom is -0.394 e. The first-order valence-electron chi connectivity index (χ1n) is 4.80. The molecule has 0 aromatic rings. The molecule has 3 aliphatic heterocycles. The Morgan fingerprint density at radius 1 is 1.00 bits per heavy atom. The van der Waals surface area contributed by atoms with Gasteiger partial charge >= 0.3 is 0 Å². The zero-order valence-electron chi connectivity index (χ0n) is 8.65. The minimum absolute atomic E-state index is 0.125. The standard InChI is InChI=1S/C3H6O.C2H6O2.2C2H4O/c1-3-2-4-3;3-1-2-4;2*1-2-3-1/h3H,2H2,1H3;3-4H,1-2H2;2*1-2H2. The molecule has 86 valence electrons. The van der Waals surface area contributed by atoms with Crippen molar-refractivity contribution in [3.8, 4) is 0 Å². The molecule has 14 heavy (non-hydrogen) atoms. The average molecular weight is 208 g/mol. The molecule has 0 aromatic carbocycles. The predicted molar refractivity (Wildman–Crippen MR) is 51.2 cm³/mol. The Labute approximate surface area is 84.6 Å². The van der Waals surface area contributed by atoms with Gasteiger partial charge in [0, 0.05) is 0 Å². The number of hydrogen-bond donors (Lipinski definition) is 2. The van der Waals surface area contributed by atoms with E-state index in [1.807, 2.05) is 0 Å². The van der Waals surface area contributed by atoms with Crippen LogP contribution in [0, 0.1) is 0 Å². The number of ether oxygens (including phenoxy) is 3. The maximum atomic E-state index is 7.62. The van der Waals surface area contributed by atoms with Gasteiger partial charge in [-0.15, -0.1) is 0 Å². The van der Waals surface area contributed by atoms with Crippen molar-refractivity contribution in [1.29, 1.82) is 0 Å². The van der Waals surface area contributed by atoms with Crippen molar-refractivity contribution in [2.24, 2.45) is 0 Å². The van der Waals surface area contributed by atoms with E-state index in [4.69, 9.17) is 14.9 Å². The van der Waals surface area contributed by atoms with E-state index in [-0.39, 0.29) is 13.2 Å². The Balaban J connectivity index is 0.000000162. The molecule has 0 saturated carbocycles. The van der Waals surface area contributed by atoms with Gasteiger partial charge in [0.15, 0.2) is 0 Å². The molecular weight excluding hydrogens is 188 g/mol. The van der Waals surface area contributed by atoms with Crippen LogP contribution in [-0.4, -0.2) is 62.6 Å². The van der Waals surface area contributed by atoms with Crippen LogP contribution in [0.5, 0.6) is 0 Å². The van der Waals surface area contributed by atoms with Gasteiger partial charge in [0.1, 0.15) is 0 Å². The van der Waals surface area contributed by atoms with Crippen LogP contribution in [0.2, 0.25) is 0 Å². The third-order valence-electron chi connectivity index (χ3n) is 1.01. The molecule has 3 heterocycles. The number of epoxide rings is 3. The van der Waals surface area contributed by atoms with Gasteiger partial charge in [-0.2, -0.15) is 0 Å². The summed E-state index contributed by atoms with van der Waals surface area (Å²) in [6, 6.07) is 0. The second-order valence-electron chi connectivity index (χ2n) is 2.82. The van der Waals surface area contributed by atoms with Gasteiger partial charge in [0.25, 0.3) is 0 Å². The number of hydrogen-bond acceptors (Lipinski definition) is 5. The van der Waals surface area contributed by atoms with Crippen molar-refractivity contribution >= 4 is 0 Å². The molecule has 3 saturated heterocycles. The summed E-state index contributed by atoms with van der Waals surface area (Å²) >= 11 is 0. The Morgan fingerprint density at radius 3 is 1.21 bits per heavy atom. The Kier molecular flexibility index (Phi) is 10.7. The van der Waals surface area contributed by atoms with Crippen LogP contribution in [0.15, 0.2) is 0 Å². The van der Waals surface area contributed by atoms with E-state index in [0.717, 1.165) is 33.0 Å². The number of aliphatic hydroxyl groups is 2. The molecule has 5 heteroatoms. The molecule has 0 amide bonds. The first-order valence-corrected chi connectivity index (χ1v) is 4.80. The first-order chi connectivity index (χ1) is 6.81. The van der Waals surface area contributed by atoms with Crippen LogP contribution in [-0.2, 0) is 14.2 Å². The summed E-state index contributed by atoms with van der Waals surface area (Å²) in [5.41, 5.74) is 0. The van der Waals surface area contributed by atoms with Crippen molar-refractivity contribution in [3.63, 3.8) is 0 Å². The van der Waals surface area contributed by atoms with Gasteiger partial charge in [0.05, 0.1) is 52.4 Å². The molecule has 0 bridgehead atoms. The van der Waals surface area contributed by atoms with Crippen LogP contribution in [0.1, 0.15) is 6.92 Å². The highest BCUT2D eigenvalue weighted by atomic mass is 16.6. The molecule has 2 N–H and O–H groups in total. The monoisotopic (exact) mass is 208 g/mol. The third-order valence-corrected chi connectivity index (χ3v) is 1.01. The van der Waals surface area contributed by atoms with E-state index in [2.05, 4.69) is 16.4 Å². The van der Waals surface area contributed by atoms with Gasteiger partial charge in [-0.3, -0.25) is 0 Å². The Hall–Kier alpha value is -0.200. The van der Waals surface area contributed by atoms with E-state index in [1.54, 1.807) is 0 Å². The van der Waals surface area contributed by atoms with E-state index in [0.29, 0.717) is 6.10 Å². The van der Waals surface area contributed by atoms with E-state index >= 15 is 0 Å². The minimum atomic E-state index is -0.125. The SMILES string of the molecule is C1CO1.C1CO1.CC1CO1.OCCO. The fourth-order valence-corrected chi connectivity index (χ4v) is 0.0962. The van der Waals surface area contributed by atoms with Gasteiger partial charge < -0.3 is 24.4 Å². The van der Waals surface area contributed by atoms with Crippen molar-refractivity contribution in [2.45, 2.75) is 13.0 Å². The van der Waals surface area contributed by atoms with Gasteiger partial charge in [-0.1, -0.05) is 0 Å². The Morgan fingerprint density at radius 2 is 1.21 bits per heavy atom. The third kappa shape index (κ3) is 40.9. The molecular formula is C9H20O5. The maximum absolute atomic E-state index is 7.62. The molecule has 0 aliphatic carbocycles. The molecule has 1 unspecified atom stereocenters. The summed E-state index contributed by atoms with van der Waals surface area (Å²) in [7, 11) is 0. The zero-order chi connectivity index (χ0) is 10.6. The van der Waals surface area contributed by atoms with Crippen molar-refractivity contribution < 1.29 is 24.4 Å². The second-order valence-corrected chi connectivity index (χ2v) is 2.82. The lowest BCUT2D eigenvalue weighted by molar-refractivity contribution is 0.186. The summed E-state index contributed by atoms with van der Waals surface area (Å²) in [6.45, 7) is 6.79. The van der Waals surface area contributed by atoms with E-state index < -0.39 is 0 Å². The van der Waals surface area contributed by atoms with Crippen LogP contribution in [0.4, 0.5) is 0 Å². The molecule has 3 aliphatic rings. The van der Waals surface area contributed by atoms with E-state index in [1.165, 1.54) is 0 Å². The first kappa shape index (κ1) is 13.8. The van der Waals surface area contributed by atoms with Crippen molar-refractivity contribution in [1.82, 2.24) is 0 Å². The van der Waals surface area contributed by atoms with Crippen LogP contribution < -0.4 is 0 Å². The van der Waals surface area contributed by atoms with Crippen molar-refractivity contribution in [2.75, 3.05) is 46.2 Å². The Bertz CT molecular complexity index is 87.9. The molecule has 5 nitrogen and oxygen atoms in total. The van der Waals surface area contributed by atoms with E-state index in [9.17, 15) is 0 Å². The van der Waals surface area contributed by atoms with Crippen LogP contribution >= 0.6 is 0 Å². The quantitative estimate of drug-likeness (QED) is 0.563. The zero-order valence-corrected chi connectivity index (χ0v) is 8.65. The average Bonchev–Trinajstić information content (AvgIpc) is 3.08. The van der Waals surface area contributed by atoms with Crippen molar-refractivity contribution in [3.05, 3.63) is 0 Å². The summed E-state index contributed by atoms with van der Waals surface area (Å²) in [6.07, 6.45) is 0.583. The second kappa shape index (κ2) is 10.9. The maximum Gasteiger partial charge on any atom is 0.0781 e. The summed E-state index contributed by atoms with van der Waals surface area (Å²) < 4.78 is 13.7. The molecule has 0 aromatic heterocycles. The lowest BCUT2D eigenvalue weighted by Gasteiger charge is -1.70. The molecule has 1 atom stereocenters. The van der Waals surface area contributed by atoms with Crippen LogP contribution in [0.25, 0.3) is 0 Å². The summed E-state index contributed by atoms with van der Waals surface area (Å²) in [5, 5.41) is 15.2. The summed E-state index contributed by atoms with van der Waals surface area (Å²) in [5.74, 6) is 0. The molecule has 3 rings (SSSR count). The lowest BCUT2D eigenvalue weighted by Crippen LogP contribution is -1.85. The highest BCUT2D eigenvalue weighted by Gasteiger charge is 2.13. The van der Waals surface area contributed by atoms with Gasteiger partial charge in [-0.05, 0) is 6.92 Å². The van der Waals surface area contributed by atoms with Crippen LogP contribution in [0.3, 0.4) is 0 Å². The van der Waals surface area contributed by atoms with Gasteiger partial charge in [-0.25, -0.2) is 0 Å². The normalized spacial score (nSPS) is 23.8. The lowest BCUT2D eigenvalue weighted by atomic mass is 10.6. The largest absolute Gasteiger partial charge is 0.394 e. The predicted octanol–water partition coefficient (Wildman–Crippen LogP) is -0.591. The molecule has 0 spiro atoms. The fraction of sp³-hybridized carbons (Fsp3) is 1.00. The van der Waals surface area contributed by atoms with Gasteiger partial charge in [0.2, 0.25) is 0 Å². The smallest absolute Gasteiger partial charge is 0.0781 e. The summed E-state index contributed by atoms with van der Waals surface area (Å²) in [4.78, 5) is 0. The number of aliphatic hydroxyl groups excluding tert-OH is 2. The highest BCUT2D eigenvalue weighted by molar-refractivity contribution is 4.58. The topological polar surface area (TPSA) is 78.0 Å².